The molecule has 1 N–H and O–H groups in total. The minimum atomic E-state index is -1.08. The van der Waals surface area contributed by atoms with E-state index in [1.807, 2.05) is 0 Å². The van der Waals surface area contributed by atoms with Crippen molar-refractivity contribution in [2.45, 2.75) is 32.5 Å². The van der Waals surface area contributed by atoms with Crippen molar-refractivity contribution in [3.05, 3.63) is 42.0 Å². The minimum Gasteiger partial charge on any atom is -0.497 e. The maximum atomic E-state index is 11.8. The van der Waals surface area contributed by atoms with Crippen LogP contribution < -0.4 is 4.74 Å². The zero-order chi connectivity index (χ0) is 14.6. The van der Waals surface area contributed by atoms with Gasteiger partial charge in [0.05, 0.1) is 12.7 Å². The van der Waals surface area contributed by atoms with E-state index in [1.54, 1.807) is 52.1 Å². The molecule has 0 heterocycles. The summed E-state index contributed by atoms with van der Waals surface area (Å²) in [6.07, 6.45) is -1.08. The smallest absolute Gasteiger partial charge is 0.336 e. The van der Waals surface area contributed by atoms with E-state index in [1.165, 1.54) is 0 Å². The Kier molecular flexibility index (Phi) is 4.72. The highest BCUT2D eigenvalue weighted by atomic mass is 16.6. The number of hydrogen-bond acceptors (Lipinski definition) is 4. The van der Waals surface area contributed by atoms with E-state index in [2.05, 4.69) is 6.58 Å². The molecule has 4 heteroatoms. The first-order valence-corrected chi connectivity index (χ1v) is 5.99. The van der Waals surface area contributed by atoms with Crippen LogP contribution in [-0.2, 0) is 9.53 Å². The Hall–Kier alpha value is -1.81. The third-order valence-corrected chi connectivity index (χ3v) is 2.42. The molecule has 19 heavy (non-hydrogen) atoms. The first-order chi connectivity index (χ1) is 8.74. The molecule has 0 spiro atoms. The van der Waals surface area contributed by atoms with Crippen LogP contribution in [0.25, 0.3) is 0 Å². The summed E-state index contributed by atoms with van der Waals surface area (Å²) in [5, 5.41) is 10.1. The van der Waals surface area contributed by atoms with Crippen molar-refractivity contribution in [2.75, 3.05) is 7.11 Å². The zero-order valence-electron chi connectivity index (χ0n) is 11.8. The van der Waals surface area contributed by atoms with Gasteiger partial charge in [-0.1, -0.05) is 18.7 Å². The third kappa shape index (κ3) is 4.41. The Morgan fingerprint density at radius 2 is 1.79 bits per heavy atom. The van der Waals surface area contributed by atoms with Gasteiger partial charge in [-0.25, -0.2) is 4.79 Å². The van der Waals surface area contributed by atoms with Crippen LogP contribution in [0, 0.1) is 0 Å². The second-order valence-electron chi connectivity index (χ2n) is 5.20. The Morgan fingerprint density at radius 1 is 1.26 bits per heavy atom. The van der Waals surface area contributed by atoms with Crippen molar-refractivity contribution in [1.29, 1.82) is 0 Å². The van der Waals surface area contributed by atoms with E-state index >= 15 is 0 Å². The molecule has 0 saturated heterocycles. The molecule has 0 aromatic heterocycles. The number of carbonyl (C=O) groups is 1. The Labute approximate surface area is 113 Å². The van der Waals surface area contributed by atoms with Gasteiger partial charge >= 0.3 is 5.97 Å². The quantitative estimate of drug-likeness (QED) is 0.671. The lowest BCUT2D eigenvalue weighted by atomic mass is 10.0. The van der Waals surface area contributed by atoms with Gasteiger partial charge < -0.3 is 14.6 Å². The first kappa shape index (κ1) is 15.2. The number of ether oxygens (including phenoxy) is 2. The fourth-order valence-corrected chi connectivity index (χ4v) is 1.44. The Balaban J connectivity index is 2.78. The zero-order valence-corrected chi connectivity index (χ0v) is 11.8. The average Bonchev–Trinajstić information content (AvgIpc) is 2.35. The molecule has 1 atom stereocenters. The molecule has 1 aromatic carbocycles. The molecule has 0 radical (unpaired) electrons. The van der Waals surface area contributed by atoms with Gasteiger partial charge in [0.1, 0.15) is 17.5 Å². The monoisotopic (exact) mass is 264 g/mol. The molecule has 1 unspecified atom stereocenters. The van der Waals surface area contributed by atoms with E-state index in [0.29, 0.717) is 11.3 Å². The molecule has 0 aliphatic heterocycles. The molecule has 0 aliphatic carbocycles. The number of methoxy groups -OCH3 is 1. The van der Waals surface area contributed by atoms with Crippen LogP contribution in [-0.4, -0.2) is 23.8 Å². The van der Waals surface area contributed by atoms with Crippen LogP contribution >= 0.6 is 0 Å². The summed E-state index contributed by atoms with van der Waals surface area (Å²) in [5.74, 6) is 0.0784. The van der Waals surface area contributed by atoms with Crippen molar-refractivity contribution in [2.24, 2.45) is 0 Å². The second kappa shape index (κ2) is 5.89. The van der Waals surface area contributed by atoms with Gasteiger partial charge in [-0.15, -0.1) is 0 Å². The first-order valence-electron chi connectivity index (χ1n) is 5.99. The highest BCUT2D eigenvalue weighted by Gasteiger charge is 2.24. The minimum absolute atomic E-state index is 0.0140. The lowest BCUT2D eigenvalue weighted by Gasteiger charge is -2.22. The maximum Gasteiger partial charge on any atom is 0.336 e. The molecule has 1 rings (SSSR count). The Morgan fingerprint density at radius 3 is 2.21 bits per heavy atom. The maximum absolute atomic E-state index is 11.8. The topological polar surface area (TPSA) is 55.8 Å². The van der Waals surface area contributed by atoms with Gasteiger partial charge in [0.15, 0.2) is 0 Å². The molecule has 4 nitrogen and oxygen atoms in total. The van der Waals surface area contributed by atoms with Crippen molar-refractivity contribution in [3.8, 4) is 5.75 Å². The van der Waals surface area contributed by atoms with Crippen molar-refractivity contribution in [3.63, 3.8) is 0 Å². The van der Waals surface area contributed by atoms with E-state index in [-0.39, 0.29) is 5.57 Å². The third-order valence-electron chi connectivity index (χ3n) is 2.42. The van der Waals surface area contributed by atoms with Crippen LogP contribution in [0.4, 0.5) is 0 Å². The summed E-state index contributed by atoms with van der Waals surface area (Å²) in [5.41, 5.74) is -0.0311. The van der Waals surface area contributed by atoms with Crippen LogP contribution in [0.15, 0.2) is 36.4 Å². The predicted octanol–water partition coefficient (Wildman–Crippen LogP) is 2.63. The van der Waals surface area contributed by atoms with Crippen molar-refractivity contribution >= 4 is 5.97 Å². The van der Waals surface area contributed by atoms with E-state index < -0.39 is 17.7 Å². The van der Waals surface area contributed by atoms with Gasteiger partial charge in [0.25, 0.3) is 0 Å². The van der Waals surface area contributed by atoms with Crippen LogP contribution in [0.2, 0.25) is 0 Å². The average molecular weight is 264 g/mol. The summed E-state index contributed by atoms with van der Waals surface area (Å²) >= 11 is 0. The molecule has 1 aromatic rings. The molecular formula is C15H20O4. The number of hydrogen-bond donors (Lipinski definition) is 1. The Bertz CT molecular complexity index is 454. The standard InChI is InChI=1S/C15H20O4/c1-10(14(17)19-15(2,3)4)13(16)11-6-8-12(18-5)9-7-11/h6-9,13,16H,1H2,2-5H3. The van der Waals surface area contributed by atoms with Crippen LogP contribution in [0.3, 0.4) is 0 Å². The number of aliphatic hydroxyl groups excluding tert-OH is 1. The molecule has 0 aliphatic rings. The predicted molar refractivity (Wildman–Crippen MR) is 72.9 cm³/mol. The van der Waals surface area contributed by atoms with Crippen molar-refractivity contribution in [1.82, 2.24) is 0 Å². The van der Waals surface area contributed by atoms with Gasteiger partial charge in [0, 0.05) is 0 Å². The highest BCUT2D eigenvalue weighted by Crippen LogP contribution is 2.24. The summed E-state index contributed by atoms with van der Waals surface area (Å²) < 4.78 is 10.2. The number of rotatable bonds is 4. The van der Waals surface area contributed by atoms with Crippen LogP contribution in [0.1, 0.15) is 32.4 Å². The van der Waals surface area contributed by atoms with E-state index in [9.17, 15) is 9.90 Å². The number of benzene rings is 1. The number of esters is 1. The summed E-state index contributed by atoms with van der Waals surface area (Å²) in [7, 11) is 1.56. The molecule has 0 fully saturated rings. The fraction of sp³-hybridized carbons (Fsp3) is 0.400. The number of aliphatic hydroxyl groups is 1. The largest absolute Gasteiger partial charge is 0.497 e. The summed E-state index contributed by atoms with van der Waals surface area (Å²) in [6.45, 7) is 8.89. The number of carbonyl (C=O) groups excluding carboxylic acids is 1. The van der Waals surface area contributed by atoms with E-state index in [0.717, 1.165) is 0 Å². The van der Waals surface area contributed by atoms with Gasteiger partial charge in [-0.3, -0.25) is 0 Å². The van der Waals surface area contributed by atoms with Gasteiger partial charge in [0.2, 0.25) is 0 Å². The lowest BCUT2D eigenvalue weighted by Crippen LogP contribution is -2.26. The summed E-state index contributed by atoms with van der Waals surface area (Å²) in [6, 6.07) is 6.78. The van der Waals surface area contributed by atoms with Gasteiger partial charge in [-0.2, -0.15) is 0 Å². The molecule has 0 saturated carbocycles. The highest BCUT2D eigenvalue weighted by molar-refractivity contribution is 5.89. The lowest BCUT2D eigenvalue weighted by molar-refractivity contribution is -0.151. The molecule has 104 valence electrons. The second-order valence-corrected chi connectivity index (χ2v) is 5.20. The van der Waals surface area contributed by atoms with Crippen LogP contribution in [0.5, 0.6) is 5.75 Å². The fourth-order valence-electron chi connectivity index (χ4n) is 1.44. The summed E-state index contributed by atoms with van der Waals surface area (Å²) in [4.78, 5) is 11.8. The van der Waals surface area contributed by atoms with Crippen molar-refractivity contribution < 1.29 is 19.4 Å². The molecule has 0 amide bonds. The normalized spacial score (nSPS) is 12.7. The van der Waals surface area contributed by atoms with Gasteiger partial charge in [-0.05, 0) is 38.5 Å². The molecule has 0 bridgehead atoms. The van der Waals surface area contributed by atoms with E-state index in [4.69, 9.17) is 9.47 Å². The molecular weight excluding hydrogens is 244 g/mol. The SMILES string of the molecule is C=C(C(=O)OC(C)(C)C)C(O)c1ccc(OC)cc1.